The Labute approximate surface area is 173 Å². The van der Waals surface area contributed by atoms with Gasteiger partial charge in [0.25, 0.3) is 0 Å². The van der Waals surface area contributed by atoms with Crippen molar-refractivity contribution in [1.82, 2.24) is 4.98 Å². The third kappa shape index (κ3) is 4.01. The van der Waals surface area contributed by atoms with E-state index in [-0.39, 0.29) is 10.9 Å². The fourth-order valence-electron chi connectivity index (χ4n) is 3.32. The summed E-state index contributed by atoms with van der Waals surface area (Å²) in [4.78, 5) is 16.2. The first-order valence-electron chi connectivity index (χ1n) is 9.72. The van der Waals surface area contributed by atoms with E-state index < -0.39 is 11.8 Å². The van der Waals surface area contributed by atoms with Gasteiger partial charge in [0.1, 0.15) is 11.6 Å². The van der Waals surface area contributed by atoms with Crippen LogP contribution in [0.5, 0.6) is 5.75 Å². The molecule has 4 nitrogen and oxygen atoms in total. The topological polar surface area (TPSA) is 59.4 Å². The Morgan fingerprint density at radius 2 is 1.57 bits per heavy atom. The van der Waals surface area contributed by atoms with E-state index in [9.17, 15) is 14.3 Å². The molecule has 30 heavy (non-hydrogen) atoms. The second-order valence-corrected chi connectivity index (χ2v) is 6.97. The van der Waals surface area contributed by atoms with Crippen molar-refractivity contribution in [2.75, 3.05) is 6.61 Å². The third-order valence-corrected chi connectivity index (χ3v) is 4.84. The highest BCUT2D eigenvalue weighted by Crippen LogP contribution is 2.28. The minimum Gasteiger partial charge on any atom is -0.494 e. The van der Waals surface area contributed by atoms with E-state index in [0.717, 1.165) is 28.9 Å². The molecular formula is C25H20FNO3. The van der Waals surface area contributed by atoms with Crippen LogP contribution >= 0.6 is 0 Å². The molecule has 1 aromatic heterocycles. The number of carboxylic acids is 1. The summed E-state index contributed by atoms with van der Waals surface area (Å²) in [6.07, 6.45) is 0.963. The third-order valence-electron chi connectivity index (χ3n) is 4.84. The quantitative estimate of drug-likeness (QED) is 0.418. The van der Waals surface area contributed by atoms with Crippen LogP contribution < -0.4 is 4.74 Å². The van der Waals surface area contributed by atoms with Gasteiger partial charge in [0.2, 0.25) is 0 Å². The molecule has 150 valence electrons. The van der Waals surface area contributed by atoms with E-state index in [4.69, 9.17) is 4.74 Å². The number of halogens is 1. The molecule has 1 heterocycles. The summed E-state index contributed by atoms with van der Waals surface area (Å²) >= 11 is 0. The number of carboxylic acid groups (broad SMARTS) is 1. The number of rotatable bonds is 6. The Morgan fingerprint density at radius 1 is 0.933 bits per heavy atom. The molecule has 0 unspecified atom stereocenters. The van der Waals surface area contributed by atoms with Crippen molar-refractivity contribution in [3.8, 4) is 28.1 Å². The molecule has 3 aromatic carbocycles. The molecule has 0 saturated carbocycles. The van der Waals surface area contributed by atoms with Gasteiger partial charge in [-0.1, -0.05) is 43.3 Å². The van der Waals surface area contributed by atoms with Gasteiger partial charge >= 0.3 is 5.97 Å². The average molecular weight is 401 g/mol. The Hall–Kier alpha value is -3.73. The summed E-state index contributed by atoms with van der Waals surface area (Å²) in [6.45, 7) is 2.76. The lowest BCUT2D eigenvalue weighted by molar-refractivity contribution is 0.0699. The van der Waals surface area contributed by atoms with Crippen molar-refractivity contribution in [2.45, 2.75) is 13.3 Å². The molecule has 0 aliphatic heterocycles. The Bertz CT molecular complexity index is 1200. The van der Waals surface area contributed by atoms with Gasteiger partial charge in [0.15, 0.2) is 0 Å². The zero-order valence-electron chi connectivity index (χ0n) is 16.4. The number of nitrogens with zero attached hydrogens (tertiary/aromatic N) is 1. The molecule has 0 spiro atoms. The molecule has 0 atom stereocenters. The van der Waals surface area contributed by atoms with Crippen LogP contribution in [0.1, 0.15) is 23.7 Å². The maximum atomic E-state index is 13.6. The normalized spacial score (nSPS) is 10.9. The summed E-state index contributed by atoms with van der Waals surface area (Å²) in [5.41, 5.74) is 3.87. The van der Waals surface area contributed by atoms with Gasteiger partial charge in [-0.15, -0.1) is 0 Å². The molecule has 0 radical (unpaired) electrons. The summed E-state index contributed by atoms with van der Waals surface area (Å²) < 4.78 is 19.2. The summed E-state index contributed by atoms with van der Waals surface area (Å²) in [7, 11) is 0. The number of benzene rings is 3. The van der Waals surface area contributed by atoms with Crippen LogP contribution in [0.2, 0.25) is 0 Å². The lowest BCUT2D eigenvalue weighted by atomic mass is 10.0. The van der Waals surface area contributed by atoms with Crippen LogP contribution in [-0.4, -0.2) is 22.7 Å². The van der Waals surface area contributed by atoms with Gasteiger partial charge in [-0.05, 0) is 53.9 Å². The highest BCUT2D eigenvalue weighted by Gasteiger charge is 2.14. The number of carbonyl (C=O) groups is 1. The molecule has 0 amide bonds. The molecule has 0 aliphatic carbocycles. The van der Waals surface area contributed by atoms with Crippen LogP contribution in [-0.2, 0) is 0 Å². The fraction of sp³-hybridized carbons (Fsp3) is 0.120. The van der Waals surface area contributed by atoms with Gasteiger partial charge in [0, 0.05) is 10.9 Å². The molecule has 0 bridgehead atoms. The van der Waals surface area contributed by atoms with Crippen LogP contribution in [0, 0.1) is 5.82 Å². The second-order valence-electron chi connectivity index (χ2n) is 6.97. The van der Waals surface area contributed by atoms with Gasteiger partial charge in [0.05, 0.1) is 23.4 Å². The van der Waals surface area contributed by atoms with Gasteiger partial charge in [-0.25, -0.2) is 14.2 Å². The standard InChI is InChI=1S/C25H20FNO3/c1-2-13-30-20-10-7-17(8-11-20)16-3-5-18(6-4-16)24-15-22(25(28)29)21-14-19(26)9-12-23(21)27-24/h3-12,14-15H,2,13H2,1H3,(H,28,29). The maximum Gasteiger partial charge on any atom is 0.336 e. The lowest BCUT2D eigenvalue weighted by Crippen LogP contribution is -2.00. The second kappa shape index (κ2) is 8.33. The van der Waals surface area contributed by atoms with Gasteiger partial charge < -0.3 is 9.84 Å². The number of aromatic nitrogens is 1. The number of aromatic carboxylic acids is 1. The number of ether oxygens (including phenoxy) is 1. The first-order chi connectivity index (χ1) is 14.5. The first kappa shape index (κ1) is 19.6. The van der Waals surface area contributed by atoms with E-state index in [0.29, 0.717) is 17.8 Å². The highest BCUT2D eigenvalue weighted by atomic mass is 19.1. The molecular weight excluding hydrogens is 381 g/mol. The summed E-state index contributed by atoms with van der Waals surface area (Å²) in [5, 5.41) is 9.84. The van der Waals surface area contributed by atoms with Crippen LogP contribution in [0.15, 0.2) is 72.8 Å². The van der Waals surface area contributed by atoms with Crippen molar-refractivity contribution >= 4 is 16.9 Å². The minimum atomic E-state index is -1.11. The molecule has 4 aromatic rings. The molecule has 0 aliphatic rings. The fourth-order valence-corrected chi connectivity index (χ4v) is 3.32. The van der Waals surface area contributed by atoms with E-state index >= 15 is 0 Å². The number of pyridine rings is 1. The number of hydrogen-bond acceptors (Lipinski definition) is 3. The van der Waals surface area contributed by atoms with E-state index in [1.165, 1.54) is 24.3 Å². The van der Waals surface area contributed by atoms with Crippen molar-refractivity contribution in [2.24, 2.45) is 0 Å². The van der Waals surface area contributed by atoms with E-state index in [1.807, 2.05) is 48.5 Å². The van der Waals surface area contributed by atoms with E-state index in [1.54, 1.807) is 0 Å². The number of fused-ring (bicyclic) bond motifs is 1. The molecule has 5 heteroatoms. The Morgan fingerprint density at radius 3 is 2.20 bits per heavy atom. The SMILES string of the molecule is CCCOc1ccc(-c2ccc(-c3cc(C(=O)O)c4cc(F)ccc4n3)cc2)cc1. The Balaban J connectivity index is 1.66. The molecule has 0 saturated heterocycles. The predicted octanol–water partition coefficient (Wildman–Crippen LogP) is 6.19. The van der Waals surface area contributed by atoms with Gasteiger partial charge in [-0.2, -0.15) is 0 Å². The highest BCUT2D eigenvalue weighted by molar-refractivity contribution is 6.03. The van der Waals surface area contributed by atoms with Crippen LogP contribution in [0.3, 0.4) is 0 Å². The summed E-state index contributed by atoms with van der Waals surface area (Å²) in [6, 6.07) is 21.1. The predicted molar refractivity (Wildman–Crippen MR) is 115 cm³/mol. The molecule has 0 fully saturated rings. The zero-order chi connectivity index (χ0) is 21.1. The van der Waals surface area contributed by atoms with Crippen LogP contribution in [0.4, 0.5) is 4.39 Å². The Kier molecular flexibility index (Phi) is 5.44. The van der Waals surface area contributed by atoms with Gasteiger partial charge in [-0.3, -0.25) is 0 Å². The maximum absolute atomic E-state index is 13.6. The van der Waals surface area contributed by atoms with Crippen molar-refractivity contribution < 1.29 is 19.0 Å². The summed E-state index contributed by atoms with van der Waals surface area (Å²) in [5.74, 6) is -0.763. The first-order valence-corrected chi connectivity index (χ1v) is 9.72. The molecule has 4 rings (SSSR count). The van der Waals surface area contributed by atoms with Crippen LogP contribution in [0.25, 0.3) is 33.3 Å². The average Bonchev–Trinajstić information content (AvgIpc) is 2.77. The lowest BCUT2D eigenvalue weighted by Gasteiger charge is -2.09. The minimum absolute atomic E-state index is 0.0289. The van der Waals surface area contributed by atoms with Crippen molar-refractivity contribution in [3.05, 3.63) is 84.2 Å². The van der Waals surface area contributed by atoms with Crippen molar-refractivity contribution in [3.63, 3.8) is 0 Å². The monoisotopic (exact) mass is 401 g/mol. The molecule has 1 N–H and O–H groups in total. The van der Waals surface area contributed by atoms with Crippen molar-refractivity contribution in [1.29, 1.82) is 0 Å². The smallest absolute Gasteiger partial charge is 0.336 e. The zero-order valence-corrected chi connectivity index (χ0v) is 16.4. The number of hydrogen-bond donors (Lipinski definition) is 1. The largest absolute Gasteiger partial charge is 0.494 e. The van der Waals surface area contributed by atoms with E-state index in [2.05, 4.69) is 11.9 Å².